The lowest BCUT2D eigenvalue weighted by Gasteiger charge is -2.22. The largest absolute Gasteiger partial charge is 0.418 e. The van der Waals surface area contributed by atoms with E-state index in [1.54, 1.807) is 0 Å². The molecule has 0 spiro atoms. The highest BCUT2D eigenvalue weighted by molar-refractivity contribution is 6.31. The van der Waals surface area contributed by atoms with Crippen molar-refractivity contribution in [2.45, 2.75) is 12.7 Å². The van der Waals surface area contributed by atoms with E-state index in [1.165, 1.54) is 12.1 Å². The first kappa shape index (κ1) is 21.2. The Bertz CT molecular complexity index is 948. The molecule has 0 aliphatic carbocycles. The number of nitro groups is 2. The highest BCUT2D eigenvalue weighted by Crippen LogP contribution is 2.48. The van der Waals surface area contributed by atoms with E-state index in [0.29, 0.717) is 0 Å². The molecule has 2 rings (SSSR count). The smallest absolute Gasteiger partial charge is 0.393 e. The van der Waals surface area contributed by atoms with Crippen molar-refractivity contribution >= 4 is 34.4 Å². The molecule has 0 bridgehead atoms. The van der Waals surface area contributed by atoms with Gasteiger partial charge in [-0.1, -0.05) is 17.7 Å². The maximum atomic E-state index is 14.0. The molecule has 0 atom stereocenters. The first-order valence-electron chi connectivity index (χ1n) is 7.32. The molecule has 2 N–H and O–H groups in total. The lowest BCUT2D eigenvalue weighted by molar-refractivity contribution is -0.392. The number of halogens is 5. The summed E-state index contributed by atoms with van der Waals surface area (Å²) in [6.07, 6.45) is -5.16. The van der Waals surface area contributed by atoms with Crippen molar-refractivity contribution in [3.63, 3.8) is 0 Å². The maximum Gasteiger partial charge on any atom is 0.418 e. The Hall–Kier alpha value is -3.15. The van der Waals surface area contributed by atoms with Crippen molar-refractivity contribution < 1.29 is 27.4 Å². The van der Waals surface area contributed by atoms with Gasteiger partial charge in [0.05, 0.1) is 15.4 Å². The molecule has 0 amide bonds. The second-order valence-electron chi connectivity index (χ2n) is 5.62. The topological polar surface area (TPSA) is 116 Å². The molecule has 0 unspecified atom stereocenters. The second kappa shape index (κ2) is 7.46. The van der Waals surface area contributed by atoms with Gasteiger partial charge in [0, 0.05) is 30.2 Å². The first-order valence-corrected chi connectivity index (χ1v) is 7.70. The van der Waals surface area contributed by atoms with Gasteiger partial charge in [-0.3, -0.25) is 20.2 Å². The van der Waals surface area contributed by atoms with Crippen molar-refractivity contribution in [3.8, 4) is 0 Å². The highest BCUT2D eigenvalue weighted by Gasteiger charge is 2.42. The summed E-state index contributed by atoms with van der Waals surface area (Å²) >= 11 is 5.87. The van der Waals surface area contributed by atoms with Gasteiger partial charge in [0.1, 0.15) is 11.5 Å². The Kier molecular flexibility index (Phi) is 5.64. The molecule has 0 aromatic heterocycles. The van der Waals surface area contributed by atoms with Crippen LogP contribution in [-0.2, 0) is 12.7 Å². The standard InChI is InChI=1S/C15H11ClF4N4O4/c1-22(6-7-9(16)3-2-4-10(7)17)13-11(23(25)26)5-8(15(18,19)20)12(21)14(13)24(27)28/h2-5H,6,21H2,1H3. The summed E-state index contributed by atoms with van der Waals surface area (Å²) in [4.78, 5) is 21.1. The van der Waals surface area contributed by atoms with Gasteiger partial charge in [-0.15, -0.1) is 0 Å². The van der Waals surface area contributed by atoms with Gasteiger partial charge in [0.15, 0.2) is 5.69 Å². The number of rotatable bonds is 5. The van der Waals surface area contributed by atoms with E-state index < -0.39 is 56.7 Å². The number of hydrogen-bond acceptors (Lipinski definition) is 6. The Morgan fingerprint density at radius 3 is 2.29 bits per heavy atom. The zero-order chi connectivity index (χ0) is 21.4. The fourth-order valence-electron chi connectivity index (χ4n) is 2.59. The number of hydrogen-bond donors (Lipinski definition) is 1. The number of nitrogen functional groups attached to an aromatic ring is 1. The van der Waals surface area contributed by atoms with Crippen LogP contribution in [0.4, 0.5) is 40.3 Å². The predicted octanol–water partition coefficient (Wildman–Crippen LogP) is 4.53. The Morgan fingerprint density at radius 1 is 1.21 bits per heavy atom. The van der Waals surface area contributed by atoms with Gasteiger partial charge in [0.2, 0.25) is 0 Å². The number of alkyl halides is 3. The molecule has 2 aromatic rings. The minimum Gasteiger partial charge on any atom is -0.393 e. The molecule has 0 heterocycles. The zero-order valence-electron chi connectivity index (χ0n) is 14.0. The quantitative estimate of drug-likeness (QED) is 0.327. The van der Waals surface area contributed by atoms with Crippen LogP contribution in [0.2, 0.25) is 5.02 Å². The average molecular weight is 423 g/mol. The van der Waals surface area contributed by atoms with Crippen LogP contribution in [0.15, 0.2) is 24.3 Å². The molecule has 8 nitrogen and oxygen atoms in total. The number of nitrogens with zero attached hydrogens (tertiary/aromatic N) is 3. The van der Waals surface area contributed by atoms with E-state index in [9.17, 15) is 37.8 Å². The van der Waals surface area contributed by atoms with Crippen molar-refractivity contribution in [2.24, 2.45) is 0 Å². The summed E-state index contributed by atoms with van der Waals surface area (Å²) < 4.78 is 53.3. The average Bonchev–Trinajstić information content (AvgIpc) is 2.55. The van der Waals surface area contributed by atoms with Crippen molar-refractivity contribution in [2.75, 3.05) is 17.7 Å². The van der Waals surface area contributed by atoms with Gasteiger partial charge in [-0.05, 0) is 12.1 Å². The number of nitro benzene ring substituents is 2. The fourth-order valence-corrected chi connectivity index (χ4v) is 2.82. The Labute approximate surface area is 159 Å². The summed E-state index contributed by atoms with van der Waals surface area (Å²) in [6.45, 7) is -0.502. The molecule has 150 valence electrons. The normalized spacial score (nSPS) is 11.4. The monoisotopic (exact) mass is 422 g/mol. The molecule has 13 heteroatoms. The van der Waals surface area contributed by atoms with Gasteiger partial charge in [-0.25, -0.2) is 4.39 Å². The lowest BCUT2D eigenvalue weighted by Crippen LogP contribution is -2.22. The van der Waals surface area contributed by atoms with E-state index in [2.05, 4.69) is 0 Å². The summed E-state index contributed by atoms with van der Waals surface area (Å²) in [5.41, 5.74) is -1.16. The third kappa shape index (κ3) is 3.91. The third-order valence-corrected chi connectivity index (χ3v) is 4.17. The van der Waals surface area contributed by atoms with Crippen molar-refractivity contribution in [3.05, 3.63) is 66.5 Å². The van der Waals surface area contributed by atoms with Crippen LogP contribution in [0.5, 0.6) is 0 Å². The number of nitrogens with two attached hydrogens (primary N) is 1. The van der Waals surface area contributed by atoms with Gasteiger partial charge >= 0.3 is 11.9 Å². The number of benzene rings is 2. The van der Waals surface area contributed by atoms with Crippen LogP contribution in [0.3, 0.4) is 0 Å². The van der Waals surface area contributed by atoms with Crippen LogP contribution in [-0.4, -0.2) is 16.9 Å². The molecule has 0 aliphatic heterocycles. The van der Waals surface area contributed by atoms with Crippen LogP contribution in [0.25, 0.3) is 0 Å². The minimum absolute atomic E-state index is 0.0722. The third-order valence-electron chi connectivity index (χ3n) is 3.82. The van der Waals surface area contributed by atoms with Crippen LogP contribution >= 0.6 is 11.6 Å². The minimum atomic E-state index is -5.16. The van der Waals surface area contributed by atoms with Gasteiger partial charge in [-0.2, -0.15) is 13.2 Å². The summed E-state index contributed by atoms with van der Waals surface area (Å²) in [6, 6.07) is 3.76. The van der Waals surface area contributed by atoms with Crippen LogP contribution in [0.1, 0.15) is 11.1 Å². The van der Waals surface area contributed by atoms with E-state index in [0.717, 1.165) is 18.0 Å². The number of anilines is 2. The molecule has 0 fully saturated rings. The van der Waals surface area contributed by atoms with Gasteiger partial charge < -0.3 is 10.6 Å². The van der Waals surface area contributed by atoms with Crippen LogP contribution in [0, 0.1) is 26.0 Å². The molecule has 2 aromatic carbocycles. The van der Waals surface area contributed by atoms with Crippen molar-refractivity contribution in [1.82, 2.24) is 0 Å². The molecule has 0 saturated heterocycles. The SMILES string of the molecule is CN(Cc1c(F)cccc1Cl)c1c([N+](=O)[O-])cc(C(F)(F)F)c(N)c1[N+](=O)[O-]. The maximum absolute atomic E-state index is 14.0. The second-order valence-corrected chi connectivity index (χ2v) is 6.03. The zero-order valence-corrected chi connectivity index (χ0v) is 14.7. The molecule has 28 heavy (non-hydrogen) atoms. The van der Waals surface area contributed by atoms with E-state index >= 15 is 0 Å². The summed E-state index contributed by atoms with van der Waals surface area (Å²) in [7, 11) is 1.10. The van der Waals surface area contributed by atoms with E-state index in [-0.39, 0.29) is 16.7 Å². The Balaban J connectivity index is 2.76. The molecular formula is C15H11ClF4N4O4. The first-order chi connectivity index (χ1) is 12.9. The fraction of sp³-hybridized carbons (Fsp3) is 0.200. The lowest BCUT2D eigenvalue weighted by atomic mass is 10.1. The van der Waals surface area contributed by atoms with Gasteiger partial charge in [0.25, 0.3) is 5.69 Å². The van der Waals surface area contributed by atoms with Crippen molar-refractivity contribution in [1.29, 1.82) is 0 Å². The van der Waals surface area contributed by atoms with Crippen LogP contribution < -0.4 is 10.6 Å². The molecule has 0 radical (unpaired) electrons. The highest BCUT2D eigenvalue weighted by atomic mass is 35.5. The molecular weight excluding hydrogens is 412 g/mol. The summed E-state index contributed by atoms with van der Waals surface area (Å²) in [5, 5.41) is 22.6. The molecule has 0 aliphatic rings. The van der Waals surface area contributed by atoms with E-state index in [1.807, 2.05) is 0 Å². The van der Waals surface area contributed by atoms with E-state index in [4.69, 9.17) is 17.3 Å². The molecule has 0 saturated carbocycles. The Morgan fingerprint density at radius 2 is 1.82 bits per heavy atom. The predicted molar refractivity (Wildman–Crippen MR) is 92.7 cm³/mol. The summed E-state index contributed by atoms with van der Waals surface area (Å²) in [5.74, 6) is -0.801.